The van der Waals surface area contributed by atoms with Crippen LogP contribution in [0.3, 0.4) is 0 Å². The van der Waals surface area contributed by atoms with E-state index in [1.54, 1.807) is 0 Å². The molecule has 0 radical (unpaired) electrons. The average molecular weight is 323 g/mol. The molecule has 3 nitrogen and oxygen atoms in total. The van der Waals surface area contributed by atoms with Crippen LogP contribution in [0, 0.1) is 13.8 Å². The number of ether oxygens (including phenoxy) is 1. The van der Waals surface area contributed by atoms with Gasteiger partial charge < -0.3 is 10.1 Å². The SMILES string of the molecule is Cc1ccc(OCC(=O)N[C@H](C)c2ccc3c(c2)CCC3)c(C)c1. The number of hydrogen-bond donors (Lipinski definition) is 1. The van der Waals surface area contributed by atoms with Crippen LogP contribution in [-0.2, 0) is 17.6 Å². The third-order valence-corrected chi connectivity index (χ3v) is 4.69. The molecule has 1 aliphatic carbocycles. The van der Waals surface area contributed by atoms with Gasteiger partial charge in [-0.1, -0.05) is 35.9 Å². The second-order valence-corrected chi connectivity index (χ2v) is 6.73. The van der Waals surface area contributed by atoms with Crippen LogP contribution in [0.4, 0.5) is 0 Å². The quantitative estimate of drug-likeness (QED) is 0.901. The summed E-state index contributed by atoms with van der Waals surface area (Å²) < 4.78 is 5.65. The van der Waals surface area contributed by atoms with Gasteiger partial charge in [-0.05, 0) is 68.4 Å². The van der Waals surface area contributed by atoms with E-state index < -0.39 is 0 Å². The Morgan fingerprint density at radius 2 is 1.92 bits per heavy atom. The number of benzene rings is 2. The van der Waals surface area contributed by atoms with Crippen molar-refractivity contribution in [3.8, 4) is 5.75 Å². The molecule has 1 amide bonds. The second kappa shape index (κ2) is 7.08. The molecule has 3 rings (SSSR count). The summed E-state index contributed by atoms with van der Waals surface area (Å²) in [4.78, 5) is 12.2. The molecule has 0 aliphatic heterocycles. The largest absolute Gasteiger partial charge is 0.484 e. The maximum atomic E-state index is 12.2. The van der Waals surface area contributed by atoms with Crippen molar-refractivity contribution in [2.24, 2.45) is 0 Å². The van der Waals surface area contributed by atoms with Gasteiger partial charge in [0.1, 0.15) is 5.75 Å². The van der Waals surface area contributed by atoms with E-state index in [4.69, 9.17) is 4.74 Å². The molecule has 1 aliphatic rings. The van der Waals surface area contributed by atoms with E-state index in [0.717, 1.165) is 23.3 Å². The minimum absolute atomic E-state index is 0.00823. The minimum atomic E-state index is -0.0945. The van der Waals surface area contributed by atoms with Crippen molar-refractivity contribution < 1.29 is 9.53 Å². The Balaban J connectivity index is 1.56. The molecule has 0 heterocycles. The van der Waals surface area contributed by atoms with Gasteiger partial charge in [-0.2, -0.15) is 0 Å². The zero-order chi connectivity index (χ0) is 17.1. The van der Waals surface area contributed by atoms with E-state index in [0.29, 0.717) is 0 Å². The van der Waals surface area contributed by atoms with Gasteiger partial charge in [-0.25, -0.2) is 0 Å². The van der Waals surface area contributed by atoms with Crippen LogP contribution in [0.5, 0.6) is 5.75 Å². The first-order chi connectivity index (χ1) is 11.5. The highest BCUT2D eigenvalue weighted by Crippen LogP contribution is 2.25. The smallest absolute Gasteiger partial charge is 0.258 e. The average Bonchev–Trinajstić information content (AvgIpc) is 3.01. The predicted molar refractivity (Wildman–Crippen MR) is 96.4 cm³/mol. The van der Waals surface area contributed by atoms with E-state index in [9.17, 15) is 4.79 Å². The zero-order valence-electron chi connectivity index (χ0n) is 14.7. The Labute approximate surface area is 144 Å². The number of rotatable bonds is 5. The van der Waals surface area contributed by atoms with E-state index in [2.05, 4.69) is 29.6 Å². The Morgan fingerprint density at radius 1 is 1.12 bits per heavy atom. The number of carbonyl (C=O) groups excluding carboxylic acids is 1. The van der Waals surface area contributed by atoms with Gasteiger partial charge in [0, 0.05) is 0 Å². The molecule has 0 fully saturated rings. The Hall–Kier alpha value is -2.29. The summed E-state index contributed by atoms with van der Waals surface area (Å²) in [6.07, 6.45) is 3.57. The number of carbonyl (C=O) groups is 1. The first-order valence-electron chi connectivity index (χ1n) is 8.64. The maximum Gasteiger partial charge on any atom is 0.258 e. The van der Waals surface area contributed by atoms with E-state index in [1.807, 2.05) is 32.9 Å². The normalized spacial score (nSPS) is 14.1. The fraction of sp³-hybridized carbons (Fsp3) is 0.381. The minimum Gasteiger partial charge on any atom is -0.484 e. The van der Waals surface area contributed by atoms with Crippen molar-refractivity contribution in [3.63, 3.8) is 0 Å². The van der Waals surface area contributed by atoms with E-state index >= 15 is 0 Å². The molecule has 2 aromatic rings. The van der Waals surface area contributed by atoms with Gasteiger partial charge >= 0.3 is 0 Å². The lowest BCUT2D eigenvalue weighted by Crippen LogP contribution is -2.31. The molecule has 0 saturated heterocycles. The van der Waals surface area contributed by atoms with Crippen molar-refractivity contribution in [2.45, 2.75) is 46.1 Å². The van der Waals surface area contributed by atoms with Crippen molar-refractivity contribution in [1.82, 2.24) is 5.32 Å². The molecular weight excluding hydrogens is 298 g/mol. The first kappa shape index (κ1) is 16.6. The topological polar surface area (TPSA) is 38.3 Å². The number of hydrogen-bond acceptors (Lipinski definition) is 2. The van der Waals surface area contributed by atoms with Crippen LogP contribution < -0.4 is 10.1 Å². The highest BCUT2D eigenvalue weighted by Gasteiger charge is 2.15. The van der Waals surface area contributed by atoms with E-state index in [-0.39, 0.29) is 18.6 Å². The van der Waals surface area contributed by atoms with Crippen LogP contribution >= 0.6 is 0 Å². The molecule has 2 aromatic carbocycles. The summed E-state index contributed by atoms with van der Waals surface area (Å²) >= 11 is 0. The summed E-state index contributed by atoms with van der Waals surface area (Å²) in [5.41, 5.74) is 6.29. The second-order valence-electron chi connectivity index (χ2n) is 6.73. The van der Waals surface area contributed by atoms with Crippen LogP contribution in [0.25, 0.3) is 0 Å². The van der Waals surface area contributed by atoms with Gasteiger partial charge in [0.2, 0.25) is 0 Å². The highest BCUT2D eigenvalue weighted by molar-refractivity contribution is 5.78. The third kappa shape index (κ3) is 3.78. The van der Waals surface area contributed by atoms with Gasteiger partial charge in [-0.3, -0.25) is 4.79 Å². The summed E-state index contributed by atoms with van der Waals surface area (Å²) in [6.45, 7) is 6.10. The van der Waals surface area contributed by atoms with Gasteiger partial charge in [-0.15, -0.1) is 0 Å². The van der Waals surface area contributed by atoms with Crippen molar-refractivity contribution >= 4 is 5.91 Å². The third-order valence-electron chi connectivity index (χ3n) is 4.69. The van der Waals surface area contributed by atoms with E-state index in [1.165, 1.54) is 29.5 Å². The fourth-order valence-corrected chi connectivity index (χ4v) is 3.33. The summed E-state index contributed by atoms with van der Waals surface area (Å²) in [6, 6.07) is 12.5. The first-order valence-corrected chi connectivity index (χ1v) is 8.64. The molecule has 1 N–H and O–H groups in total. The monoisotopic (exact) mass is 323 g/mol. The molecule has 1 atom stereocenters. The van der Waals surface area contributed by atoms with Crippen molar-refractivity contribution in [2.75, 3.05) is 6.61 Å². The van der Waals surface area contributed by atoms with Crippen LogP contribution in [0.15, 0.2) is 36.4 Å². The Bertz CT molecular complexity index is 751. The molecule has 0 spiro atoms. The highest BCUT2D eigenvalue weighted by atomic mass is 16.5. The lowest BCUT2D eigenvalue weighted by atomic mass is 10.0. The Kier molecular flexibility index (Phi) is 4.89. The van der Waals surface area contributed by atoms with Gasteiger partial charge in [0.25, 0.3) is 5.91 Å². The number of amides is 1. The van der Waals surface area contributed by atoms with Crippen LogP contribution in [0.1, 0.15) is 47.2 Å². The van der Waals surface area contributed by atoms with Gasteiger partial charge in [0.05, 0.1) is 6.04 Å². The summed E-state index contributed by atoms with van der Waals surface area (Å²) in [7, 11) is 0. The molecule has 0 unspecified atom stereocenters. The van der Waals surface area contributed by atoms with Crippen molar-refractivity contribution in [3.05, 3.63) is 64.2 Å². The zero-order valence-corrected chi connectivity index (χ0v) is 14.7. The molecule has 24 heavy (non-hydrogen) atoms. The fourth-order valence-electron chi connectivity index (χ4n) is 3.33. The molecule has 0 aromatic heterocycles. The van der Waals surface area contributed by atoms with Crippen LogP contribution in [-0.4, -0.2) is 12.5 Å². The maximum absolute atomic E-state index is 12.2. The molecule has 126 valence electrons. The standard InChI is InChI=1S/C21H25NO2/c1-14-7-10-20(15(2)11-14)24-13-21(23)22-16(3)18-9-8-17-5-4-6-19(17)12-18/h7-12,16H,4-6,13H2,1-3H3,(H,22,23)/t16-/m1/s1. The predicted octanol–water partition coefficient (Wildman–Crippen LogP) is 4.05. The summed E-state index contributed by atoms with van der Waals surface area (Å²) in [5, 5.41) is 3.02. The lowest BCUT2D eigenvalue weighted by Gasteiger charge is -2.16. The molecule has 0 saturated carbocycles. The molecular formula is C21H25NO2. The van der Waals surface area contributed by atoms with Crippen LogP contribution in [0.2, 0.25) is 0 Å². The lowest BCUT2D eigenvalue weighted by molar-refractivity contribution is -0.123. The summed E-state index contributed by atoms with van der Waals surface area (Å²) in [5.74, 6) is 0.670. The van der Waals surface area contributed by atoms with Crippen molar-refractivity contribution in [1.29, 1.82) is 0 Å². The number of aryl methyl sites for hydroxylation is 4. The number of fused-ring (bicyclic) bond motifs is 1. The van der Waals surface area contributed by atoms with Gasteiger partial charge in [0.15, 0.2) is 6.61 Å². The molecule has 0 bridgehead atoms. The molecule has 3 heteroatoms. The Morgan fingerprint density at radius 3 is 2.71 bits per heavy atom. The number of nitrogens with one attached hydrogen (secondary N) is 1.